The van der Waals surface area contributed by atoms with Crippen molar-refractivity contribution in [1.82, 2.24) is 0 Å². The Morgan fingerprint density at radius 2 is 1.22 bits per heavy atom. The second-order valence-corrected chi connectivity index (χ2v) is 5.88. The maximum Gasteiger partial charge on any atom is 0.273 e. The van der Waals surface area contributed by atoms with E-state index in [2.05, 4.69) is 0 Å². The molecule has 1 saturated heterocycles. The van der Waals surface area contributed by atoms with Crippen LogP contribution in [0.2, 0.25) is 0 Å². The highest BCUT2D eigenvalue weighted by atomic mass is 16.5. The second-order valence-electron chi connectivity index (χ2n) is 5.88. The summed E-state index contributed by atoms with van der Waals surface area (Å²) in [5.41, 5.74) is 1.16. The molecule has 5 heteroatoms. The van der Waals surface area contributed by atoms with Crippen molar-refractivity contribution in [1.29, 1.82) is 0 Å². The van der Waals surface area contributed by atoms with Crippen molar-refractivity contribution in [2.45, 2.75) is 19.4 Å². The molecule has 3 rings (SSSR count). The fraction of sp³-hybridized carbons (Fsp3) is 0.278. The number of ether oxygens (including phenoxy) is 2. The first-order chi connectivity index (χ1) is 11.0. The summed E-state index contributed by atoms with van der Waals surface area (Å²) in [4.78, 5) is 12.6. The topological polar surface area (TPSA) is 42.0 Å². The van der Waals surface area contributed by atoms with E-state index in [-0.39, 0.29) is 5.91 Å². The number of nitrogens with zero attached hydrogens (tertiary/aromatic N) is 2. The Balaban J connectivity index is 1.95. The molecule has 0 radical (unpaired) electrons. The Kier molecular flexibility index (Phi) is 3.64. The predicted molar refractivity (Wildman–Crippen MR) is 90.0 cm³/mol. The van der Waals surface area contributed by atoms with Crippen LogP contribution in [0.15, 0.2) is 48.5 Å². The average molecular weight is 312 g/mol. The van der Waals surface area contributed by atoms with Crippen molar-refractivity contribution in [2.24, 2.45) is 0 Å². The first-order valence-electron chi connectivity index (χ1n) is 7.42. The van der Waals surface area contributed by atoms with Gasteiger partial charge < -0.3 is 9.47 Å². The number of hydrazine groups is 1. The van der Waals surface area contributed by atoms with Gasteiger partial charge in [-0.3, -0.25) is 9.80 Å². The number of hydrogen-bond acceptors (Lipinski definition) is 4. The van der Waals surface area contributed by atoms with E-state index in [0.29, 0.717) is 0 Å². The number of carbonyl (C=O) groups excluding carboxylic acids is 1. The van der Waals surface area contributed by atoms with Gasteiger partial charge in [0, 0.05) is 0 Å². The van der Waals surface area contributed by atoms with Gasteiger partial charge in [0.25, 0.3) is 5.91 Å². The van der Waals surface area contributed by atoms with Crippen LogP contribution in [-0.4, -0.2) is 25.7 Å². The monoisotopic (exact) mass is 312 g/mol. The molecule has 1 aliphatic rings. The van der Waals surface area contributed by atoms with Crippen LogP contribution in [0.25, 0.3) is 0 Å². The van der Waals surface area contributed by atoms with Gasteiger partial charge in [0.15, 0.2) is 0 Å². The normalized spacial score (nSPS) is 16.1. The van der Waals surface area contributed by atoms with Crippen LogP contribution in [-0.2, 0) is 4.79 Å². The van der Waals surface area contributed by atoms with Crippen LogP contribution < -0.4 is 19.5 Å². The zero-order valence-corrected chi connectivity index (χ0v) is 13.7. The SMILES string of the molecule is COc1ccc(N2C(=O)C(C)(C)N2c2ccc(OC)cc2)cc1. The van der Waals surface area contributed by atoms with E-state index in [1.165, 1.54) is 0 Å². The lowest BCUT2D eigenvalue weighted by molar-refractivity contribution is -0.128. The van der Waals surface area contributed by atoms with Gasteiger partial charge >= 0.3 is 0 Å². The van der Waals surface area contributed by atoms with Crippen molar-refractivity contribution < 1.29 is 14.3 Å². The first kappa shape index (κ1) is 15.2. The third-order valence-electron chi connectivity index (χ3n) is 4.08. The van der Waals surface area contributed by atoms with Gasteiger partial charge in [-0.1, -0.05) is 0 Å². The van der Waals surface area contributed by atoms with Crippen molar-refractivity contribution in [2.75, 3.05) is 24.2 Å². The average Bonchev–Trinajstić information content (AvgIpc) is 2.59. The van der Waals surface area contributed by atoms with Gasteiger partial charge in [0.1, 0.15) is 17.0 Å². The second kappa shape index (κ2) is 5.50. The molecule has 1 amide bonds. The minimum Gasteiger partial charge on any atom is -0.497 e. The molecule has 23 heavy (non-hydrogen) atoms. The van der Waals surface area contributed by atoms with E-state index >= 15 is 0 Å². The highest BCUT2D eigenvalue weighted by Gasteiger charge is 2.53. The minimum atomic E-state index is -0.589. The number of amides is 1. The highest BCUT2D eigenvalue weighted by Crippen LogP contribution is 2.40. The van der Waals surface area contributed by atoms with Crippen LogP contribution in [0.1, 0.15) is 13.8 Å². The molecule has 120 valence electrons. The van der Waals surface area contributed by atoms with E-state index in [1.807, 2.05) is 67.4 Å². The van der Waals surface area contributed by atoms with Crippen LogP contribution in [0, 0.1) is 0 Å². The lowest BCUT2D eigenvalue weighted by Crippen LogP contribution is -2.76. The van der Waals surface area contributed by atoms with Gasteiger partial charge in [-0.15, -0.1) is 0 Å². The Labute approximate surface area is 136 Å². The largest absolute Gasteiger partial charge is 0.497 e. The van der Waals surface area contributed by atoms with Crippen molar-refractivity contribution in [3.63, 3.8) is 0 Å². The van der Waals surface area contributed by atoms with Gasteiger partial charge in [-0.25, -0.2) is 5.01 Å². The number of methoxy groups -OCH3 is 2. The summed E-state index contributed by atoms with van der Waals surface area (Å²) < 4.78 is 10.4. The van der Waals surface area contributed by atoms with Gasteiger partial charge in [0.2, 0.25) is 0 Å². The van der Waals surface area contributed by atoms with Gasteiger partial charge in [0.05, 0.1) is 25.6 Å². The van der Waals surface area contributed by atoms with Crippen molar-refractivity contribution in [3.05, 3.63) is 48.5 Å². The summed E-state index contributed by atoms with van der Waals surface area (Å²) in [7, 11) is 3.26. The molecular weight excluding hydrogens is 292 g/mol. The maximum absolute atomic E-state index is 12.6. The van der Waals surface area contributed by atoms with Crippen LogP contribution in [0.4, 0.5) is 11.4 Å². The van der Waals surface area contributed by atoms with Crippen LogP contribution in [0.3, 0.4) is 0 Å². The molecule has 0 bridgehead atoms. The van der Waals surface area contributed by atoms with E-state index in [9.17, 15) is 4.79 Å². The lowest BCUT2D eigenvalue weighted by Gasteiger charge is -2.56. The number of hydrogen-bond donors (Lipinski definition) is 0. The summed E-state index contributed by atoms with van der Waals surface area (Å²) in [5, 5.41) is 3.66. The van der Waals surface area contributed by atoms with E-state index < -0.39 is 5.54 Å². The summed E-state index contributed by atoms with van der Waals surface area (Å²) in [5.74, 6) is 1.60. The number of rotatable bonds is 4. The molecular formula is C18H20N2O3. The molecule has 2 aromatic carbocycles. The molecule has 1 aliphatic heterocycles. The van der Waals surface area contributed by atoms with Crippen molar-refractivity contribution >= 4 is 17.3 Å². The fourth-order valence-electron chi connectivity index (χ4n) is 2.76. The predicted octanol–water partition coefficient (Wildman–Crippen LogP) is 3.25. The van der Waals surface area contributed by atoms with E-state index in [0.717, 1.165) is 22.9 Å². The smallest absolute Gasteiger partial charge is 0.273 e. The standard InChI is InChI=1S/C18H20N2O3/c1-18(2)17(21)19(13-5-9-15(22-3)10-6-13)20(18)14-7-11-16(23-4)12-8-14/h5-12H,1-4H3. The number of benzene rings is 2. The summed E-state index contributed by atoms with van der Waals surface area (Å²) >= 11 is 0. The molecule has 1 fully saturated rings. The Hall–Kier alpha value is -2.69. The minimum absolute atomic E-state index is 0.0542. The number of anilines is 2. The molecule has 5 nitrogen and oxygen atoms in total. The summed E-state index contributed by atoms with van der Waals surface area (Å²) in [6.07, 6.45) is 0. The summed E-state index contributed by atoms with van der Waals surface area (Å²) in [6, 6.07) is 15.1. The fourth-order valence-corrected chi connectivity index (χ4v) is 2.76. The molecule has 0 spiro atoms. The molecule has 2 aromatic rings. The molecule has 0 N–H and O–H groups in total. The molecule has 1 heterocycles. The Bertz CT molecular complexity index is 708. The quantitative estimate of drug-likeness (QED) is 0.869. The zero-order valence-electron chi connectivity index (χ0n) is 13.7. The van der Waals surface area contributed by atoms with Crippen LogP contribution in [0.5, 0.6) is 11.5 Å². The van der Waals surface area contributed by atoms with E-state index in [4.69, 9.17) is 9.47 Å². The third kappa shape index (κ3) is 2.38. The van der Waals surface area contributed by atoms with Crippen molar-refractivity contribution in [3.8, 4) is 11.5 Å². The van der Waals surface area contributed by atoms with Gasteiger partial charge in [-0.2, -0.15) is 0 Å². The van der Waals surface area contributed by atoms with Crippen LogP contribution >= 0.6 is 0 Å². The summed E-state index contributed by atoms with van der Waals surface area (Å²) in [6.45, 7) is 3.83. The number of carbonyl (C=O) groups is 1. The molecule has 0 unspecified atom stereocenters. The third-order valence-corrected chi connectivity index (χ3v) is 4.08. The lowest BCUT2D eigenvalue weighted by atomic mass is 9.95. The Morgan fingerprint density at radius 1 is 0.783 bits per heavy atom. The molecule has 0 aliphatic carbocycles. The molecule has 0 atom stereocenters. The van der Waals surface area contributed by atoms with Gasteiger partial charge in [-0.05, 0) is 62.4 Å². The highest BCUT2D eigenvalue weighted by molar-refractivity contribution is 6.12. The zero-order chi connectivity index (χ0) is 16.6. The molecule has 0 aromatic heterocycles. The van der Waals surface area contributed by atoms with E-state index in [1.54, 1.807) is 19.2 Å². The Morgan fingerprint density at radius 3 is 1.65 bits per heavy atom. The molecule has 0 saturated carbocycles. The first-order valence-corrected chi connectivity index (χ1v) is 7.42. The maximum atomic E-state index is 12.6.